The van der Waals surface area contributed by atoms with Gasteiger partial charge < -0.3 is 4.52 Å². The topological polar surface area (TPSA) is 82.5 Å². The van der Waals surface area contributed by atoms with Crippen LogP contribution in [-0.2, 0) is 0 Å². The van der Waals surface area contributed by atoms with Gasteiger partial charge in [0.1, 0.15) is 0 Å². The van der Waals surface area contributed by atoms with Gasteiger partial charge in [-0.3, -0.25) is 4.98 Å². The predicted molar refractivity (Wildman–Crippen MR) is 82.9 cm³/mol. The van der Waals surface area contributed by atoms with E-state index in [1.165, 1.54) is 0 Å². The molecule has 8 heteroatoms. The molecule has 0 unspecified atom stereocenters. The normalized spacial score (nSPS) is 10.8. The molecule has 0 saturated heterocycles. The maximum absolute atomic E-state index is 5.98. The molecule has 4 rings (SSSR count). The van der Waals surface area contributed by atoms with Gasteiger partial charge in [-0.05, 0) is 30.3 Å². The zero-order valence-electron chi connectivity index (χ0n) is 11.7. The molecule has 0 aliphatic rings. The van der Waals surface area contributed by atoms with Gasteiger partial charge in [-0.2, -0.15) is 4.98 Å². The van der Waals surface area contributed by atoms with Crippen molar-refractivity contribution in [1.29, 1.82) is 0 Å². The van der Waals surface area contributed by atoms with Gasteiger partial charge in [0, 0.05) is 17.4 Å². The Morgan fingerprint density at radius 2 is 2.09 bits per heavy atom. The third kappa shape index (κ3) is 2.69. The zero-order valence-corrected chi connectivity index (χ0v) is 12.4. The lowest BCUT2D eigenvalue weighted by molar-refractivity contribution is 0.432. The van der Waals surface area contributed by atoms with Gasteiger partial charge in [0.05, 0.1) is 17.4 Å². The van der Waals surface area contributed by atoms with Gasteiger partial charge in [0.15, 0.2) is 5.69 Å². The molecule has 0 amide bonds. The minimum atomic E-state index is 0.358. The first kappa shape index (κ1) is 13.6. The lowest BCUT2D eigenvalue weighted by Gasteiger charge is -1.98. The zero-order chi connectivity index (χ0) is 15.6. The van der Waals surface area contributed by atoms with Crippen LogP contribution in [0.4, 0.5) is 0 Å². The molecular weight excluding hydrogens is 316 g/mol. The summed E-state index contributed by atoms with van der Waals surface area (Å²) in [6, 6.07) is 10.9. The van der Waals surface area contributed by atoms with Crippen LogP contribution in [0.5, 0.6) is 0 Å². The summed E-state index contributed by atoms with van der Waals surface area (Å²) in [6.07, 6.45) is 5.04. The Morgan fingerprint density at radius 1 is 1.13 bits per heavy atom. The Bertz CT molecular complexity index is 949. The molecule has 0 radical (unpaired) electrons. The van der Waals surface area contributed by atoms with E-state index in [-0.39, 0.29) is 0 Å². The number of halogens is 1. The van der Waals surface area contributed by atoms with E-state index in [9.17, 15) is 0 Å². The first-order valence-electron chi connectivity index (χ1n) is 6.72. The summed E-state index contributed by atoms with van der Waals surface area (Å²) >= 11 is 5.98. The molecule has 7 nitrogen and oxygen atoms in total. The van der Waals surface area contributed by atoms with Crippen molar-refractivity contribution in [2.75, 3.05) is 0 Å². The lowest BCUT2D eigenvalue weighted by atomic mass is 10.3. The number of rotatable bonds is 3. The van der Waals surface area contributed by atoms with E-state index in [4.69, 9.17) is 16.1 Å². The molecule has 0 saturated carbocycles. The maximum atomic E-state index is 5.98. The van der Waals surface area contributed by atoms with E-state index in [0.29, 0.717) is 22.4 Å². The minimum Gasteiger partial charge on any atom is -0.333 e. The highest BCUT2D eigenvalue weighted by molar-refractivity contribution is 6.30. The van der Waals surface area contributed by atoms with Crippen molar-refractivity contribution in [3.05, 3.63) is 60.0 Å². The third-order valence-electron chi connectivity index (χ3n) is 3.13. The monoisotopic (exact) mass is 324 g/mol. The van der Waals surface area contributed by atoms with Gasteiger partial charge in [0.2, 0.25) is 5.82 Å². The fourth-order valence-electron chi connectivity index (χ4n) is 2.05. The fraction of sp³-hybridized carbons (Fsp3) is 0. The highest BCUT2D eigenvalue weighted by Gasteiger charge is 2.14. The number of hydrogen-bond donors (Lipinski definition) is 0. The van der Waals surface area contributed by atoms with Crippen LogP contribution in [0.2, 0.25) is 5.02 Å². The van der Waals surface area contributed by atoms with Crippen molar-refractivity contribution >= 4 is 11.6 Å². The number of nitrogens with zero attached hydrogens (tertiary/aromatic N) is 6. The molecule has 0 spiro atoms. The summed E-state index contributed by atoms with van der Waals surface area (Å²) in [5.41, 5.74) is 2.05. The van der Waals surface area contributed by atoms with Crippen LogP contribution < -0.4 is 0 Å². The molecule has 23 heavy (non-hydrogen) atoms. The number of pyridine rings is 1. The Labute approximate surface area is 135 Å². The average molecular weight is 325 g/mol. The van der Waals surface area contributed by atoms with Crippen molar-refractivity contribution in [2.45, 2.75) is 0 Å². The van der Waals surface area contributed by atoms with Crippen molar-refractivity contribution in [3.8, 4) is 28.7 Å². The summed E-state index contributed by atoms with van der Waals surface area (Å²) in [4.78, 5) is 8.34. The van der Waals surface area contributed by atoms with Crippen molar-refractivity contribution in [1.82, 2.24) is 30.1 Å². The summed E-state index contributed by atoms with van der Waals surface area (Å²) < 4.78 is 6.84. The number of hydrogen-bond acceptors (Lipinski definition) is 6. The van der Waals surface area contributed by atoms with E-state index < -0.39 is 0 Å². The molecular formula is C15H9ClN6O. The second kappa shape index (κ2) is 5.62. The quantitative estimate of drug-likeness (QED) is 0.576. The van der Waals surface area contributed by atoms with Gasteiger partial charge in [-0.1, -0.05) is 28.0 Å². The van der Waals surface area contributed by atoms with Crippen molar-refractivity contribution in [3.63, 3.8) is 0 Å². The molecule has 112 valence electrons. The highest BCUT2D eigenvalue weighted by atomic mass is 35.5. The van der Waals surface area contributed by atoms with E-state index in [1.807, 2.05) is 18.2 Å². The van der Waals surface area contributed by atoms with Crippen LogP contribution >= 0.6 is 11.6 Å². The second-order valence-electron chi connectivity index (χ2n) is 4.69. The molecule has 3 heterocycles. The van der Waals surface area contributed by atoms with Gasteiger partial charge in [0.25, 0.3) is 5.89 Å². The van der Waals surface area contributed by atoms with E-state index >= 15 is 0 Å². The molecule has 0 atom stereocenters. The summed E-state index contributed by atoms with van der Waals surface area (Å²) in [5.74, 6) is 0.738. The molecule has 0 aliphatic carbocycles. The van der Waals surface area contributed by atoms with Gasteiger partial charge in [-0.15, -0.1) is 5.10 Å². The van der Waals surface area contributed by atoms with Crippen LogP contribution in [0.1, 0.15) is 0 Å². The van der Waals surface area contributed by atoms with Crippen molar-refractivity contribution in [2.24, 2.45) is 0 Å². The molecule has 3 aromatic heterocycles. The smallest absolute Gasteiger partial charge is 0.259 e. The van der Waals surface area contributed by atoms with Crippen LogP contribution in [0.3, 0.4) is 0 Å². The third-order valence-corrected chi connectivity index (χ3v) is 3.36. The van der Waals surface area contributed by atoms with Crippen LogP contribution in [-0.4, -0.2) is 30.1 Å². The standard InChI is InChI=1S/C15H9ClN6O/c16-11-4-1-5-12(7-11)22-9-13(19-21-22)14-18-15(23-20-14)10-3-2-6-17-8-10/h1-9H. The van der Waals surface area contributed by atoms with E-state index in [0.717, 1.165) is 11.3 Å². The minimum absolute atomic E-state index is 0.358. The molecule has 1 aromatic carbocycles. The van der Waals surface area contributed by atoms with E-state index in [1.54, 1.807) is 41.5 Å². The highest BCUT2D eigenvalue weighted by Crippen LogP contribution is 2.21. The predicted octanol–water partition coefficient (Wildman–Crippen LogP) is 3.03. The summed E-state index contributed by atoms with van der Waals surface area (Å²) in [5, 5.41) is 12.7. The Balaban J connectivity index is 1.66. The number of benzene rings is 1. The lowest BCUT2D eigenvalue weighted by Crippen LogP contribution is -1.93. The number of aromatic nitrogens is 6. The molecule has 0 N–H and O–H groups in total. The Hall–Kier alpha value is -3.06. The first-order chi connectivity index (χ1) is 11.3. The van der Waals surface area contributed by atoms with Gasteiger partial charge in [-0.25, -0.2) is 4.68 Å². The average Bonchev–Trinajstić information content (AvgIpc) is 3.25. The molecule has 0 fully saturated rings. The van der Waals surface area contributed by atoms with Crippen LogP contribution in [0.15, 0.2) is 59.5 Å². The van der Waals surface area contributed by atoms with Crippen LogP contribution in [0.25, 0.3) is 28.7 Å². The fourth-order valence-corrected chi connectivity index (χ4v) is 2.23. The molecule has 0 aliphatic heterocycles. The Morgan fingerprint density at radius 3 is 2.91 bits per heavy atom. The SMILES string of the molecule is Clc1cccc(-n2cc(-c3noc(-c4cccnc4)n3)nn2)c1. The second-order valence-corrected chi connectivity index (χ2v) is 5.13. The summed E-state index contributed by atoms with van der Waals surface area (Å²) in [6.45, 7) is 0. The van der Waals surface area contributed by atoms with Crippen molar-refractivity contribution < 1.29 is 4.52 Å². The van der Waals surface area contributed by atoms with Crippen LogP contribution in [0, 0.1) is 0 Å². The molecule has 0 bridgehead atoms. The largest absolute Gasteiger partial charge is 0.333 e. The summed E-state index contributed by atoms with van der Waals surface area (Å²) in [7, 11) is 0. The first-order valence-corrected chi connectivity index (χ1v) is 7.10. The van der Waals surface area contributed by atoms with Gasteiger partial charge >= 0.3 is 0 Å². The Kier molecular flexibility index (Phi) is 3.32. The maximum Gasteiger partial charge on any atom is 0.259 e. The van der Waals surface area contributed by atoms with E-state index in [2.05, 4.69) is 25.4 Å². The molecule has 4 aromatic rings.